The van der Waals surface area contributed by atoms with Crippen LogP contribution in [0.5, 0.6) is 0 Å². The molecule has 2 rings (SSSR count). The fraction of sp³-hybridized carbons (Fsp3) is 0.625. The van der Waals surface area contributed by atoms with Gasteiger partial charge in [0.1, 0.15) is 0 Å². The van der Waals surface area contributed by atoms with Gasteiger partial charge in [-0.15, -0.1) is 0 Å². The van der Waals surface area contributed by atoms with E-state index in [0.29, 0.717) is 0 Å². The van der Waals surface area contributed by atoms with Gasteiger partial charge in [-0.3, -0.25) is 0 Å². The second-order valence-corrected chi connectivity index (χ2v) is 5.63. The van der Waals surface area contributed by atoms with Crippen molar-refractivity contribution in [1.29, 1.82) is 0 Å². The maximum absolute atomic E-state index is 3.50. The average Bonchev–Trinajstić information content (AvgIpc) is 2.51. The molecule has 0 radical (unpaired) electrons. The minimum Gasteiger partial charge on any atom is -0.317 e. The predicted molar refractivity (Wildman–Crippen MR) is 74.6 cm³/mol. The molecule has 0 aromatic heterocycles. The van der Waals surface area contributed by atoms with Gasteiger partial charge in [-0.25, -0.2) is 0 Å². The molecule has 0 spiro atoms. The molecule has 1 nitrogen and oxygen atoms in total. The third-order valence-electron chi connectivity index (χ3n) is 4.03. The highest BCUT2D eigenvalue weighted by Crippen LogP contribution is 2.24. The molecule has 1 aliphatic heterocycles. The van der Waals surface area contributed by atoms with Gasteiger partial charge in [0.05, 0.1) is 0 Å². The van der Waals surface area contributed by atoms with Crippen LogP contribution in [-0.2, 0) is 6.42 Å². The largest absolute Gasteiger partial charge is 0.317 e. The van der Waals surface area contributed by atoms with E-state index in [2.05, 4.69) is 38.2 Å². The molecule has 1 saturated heterocycles. The number of hydrogen-bond acceptors (Lipinski definition) is 1. The van der Waals surface area contributed by atoms with Crippen LogP contribution in [0, 0.1) is 26.7 Å². The summed E-state index contributed by atoms with van der Waals surface area (Å²) in [4.78, 5) is 0. The third-order valence-corrected chi connectivity index (χ3v) is 4.03. The van der Waals surface area contributed by atoms with Crippen molar-refractivity contribution in [3.8, 4) is 0 Å². The van der Waals surface area contributed by atoms with E-state index in [1.54, 1.807) is 5.56 Å². The maximum atomic E-state index is 3.50. The zero-order valence-corrected chi connectivity index (χ0v) is 11.5. The van der Waals surface area contributed by atoms with Crippen molar-refractivity contribution in [3.05, 3.63) is 34.4 Å². The maximum Gasteiger partial charge on any atom is -0.00462 e. The van der Waals surface area contributed by atoms with Crippen LogP contribution in [0.1, 0.15) is 41.5 Å². The molecule has 1 fully saturated rings. The van der Waals surface area contributed by atoms with E-state index in [1.807, 2.05) is 0 Å². The van der Waals surface area contributed by atoms with E-state index >= 15 is 0 Å². The van der Waals surface area contributed by atoms with Crippen LogP contribution in [0.3, 0.4) is 0 Å². The van der Waals surface area contributed by atoms with Crippen LogP contribution in [0.4, 0.5) is 0 Å². The Labute approximate surface area is 106 Å². The summed E-state index contributed by atoms with van der Waals surface area (Å²) in [7, 11) is 0. The number of nitrogens with one attached hydrogen (secondary N) is 1. The van der Waals surface area contributed by atoms with Crippen LogP contribution >= 0.6 is 0 Å². The lowest BCUT2D eigenvalue weighted by Gasteiger charge is -2.18. The van der Waals surface area contributed by atoms with E-state index < -0.39 is 0 Å². The summed E-state index contributed by atoms with van der Waals surface area (Å²) in [6.45, 7) is 9.14. The summed E-state index contributed by atoms with van der Waals surface area (Å²) in [6.07, 6.45) is 5.35. The van der Waals surface area contributed by atoms with E-state index in [1.165, 1.54) is 55.5 Å². The summed E-state index contributed by atoms with van der Waals surface area (Å²) >= 11 is 0. The molecule has 0 bridgehead atoms. The Morgan fingerprint density at radius 3 is 2.47 bits per heavy atom. The van der Waals surface area contributed by atoms with Crippen molar-refractivity contribution in [2.75, 3.05) is 13.1 Å². The van der Waals surface area contributed by atoms with E-state index in [-0.39, 0.29) is 0 Å². The second-order valence-electron chi connectivity index (χ2n) is 5.63. The lowest BCUT2D eigenvalue weighted by molar-refractivity contribution is 0.468. The first kappa shape index (κ1) is 12.6. The first-order valence-electron chi connectivity index (χ1n) is 6.94. The summed E-state index contributed by atoms with van der Waals surface area (Å²) in [6, 6.07) is 4.66. The zero-order valence-electron chi connectivity index (χ0n) is 11.5. The molecule has 0 saturated carbocycles. The number of aryl methyl sites for hydroxylation is 3. The number of benzene rings is 1. The van der Waals surface area contributed by atoms with Crippen molar-refractivity contribution in [3.63, 3.8) is 0 Å². The van der Waals surface area contributed by atoms with Crippen molar-refractivity contribution < 1.29 is 0 Å². The van der Waals surface area contributed by atoms with Crippen LogP contribution < -0.4 is 5.32 Å². The van der Waals surface area contributed by atoms with Gasteiger partial charge >= 0.3 is 0 Å². The van der Waals surface area contributed by atoms with Crippen LogP contribution in [0.15, 0.2) is 12.1 Å². The van der Waals surface area contributed by atoms with Crippen molar-refractivity contribution >= 4 is 0 Å². The fourth-order valence-corrected chi connectivity index (χ4v) is 3.12. The molecule has 1 aromatic carbocycles. The molecule has 0 amide bonds. The second kappa shape index (κ2) is 5.68. The van der Waals surface area contributed by atoms with Gasteiger partial charge < -0.3 is 5.32 Å². The Bertz CT molecular complexity index is 350. The molecule has 1 aromatic rings. The lowest BCUT2D eigenvalue weighted by Crippen LogP contribution is -2.14. The first-order valence-corrected chi connectivity index (χ1v) is 6.94. The Kier molecular flexibility index (Phi) is 4.22. The Morgan fingerprint density at radius 2 is 1.76 bits per heavy atom. The van der Waals surface area contributed by atoms with Gasteiger partial charge in [0.15, 0.2) is 0 Å². The number of rotatable bonds is 2. The summed E-state index contributed by atoms with van der Waals surface area (Å²) < 4.78 is 0. The monoisotopic (exact) mass is 231 g/mol. The van der Waals surface area contributed by atoms with Crippen molar-refractivity contribution in [2.24, 2.45) is 5.92 Å². The minimum atomic E-state index is 0.880. The number of hydrogen-bond donors (Lipinski definition) is 1. The smallest absolute Gasteiger partial charge is 0.00462 e. The molecule has 0 aliphatic carbocycles. The Balaban J connectivity index is 2.11. The van der Waals surface area contributed by atoms with Gasteiger partial charge in [-0.05, 0) is 82.2 Å². The Hall–Kier alpha value is -0.820. The van der Waals surface area contributed by atoms with Crippen LogP contribution in [-0.4, -0.2) is 13.1 Å². The van der Waals surface area contributed by atoms with Gasteiger partial charge in [-0.2, -0.15) is 0 Å². The van der Waals surface area contributed by atoms with E-state index in [0.717, 1.165) is 5.92 Å². The van der Waals surface area contributed by atoms with Gasteiger partial charge in [0.25, 0.3) is 0 Å². The lowest BCUT2D eigenvalue weighted by atomic mass is 9.88. The van der Waals surface area contributed by atoms with Crippen molar-refractivity contribution in [1.82, 2.24) is 5.32 Å². The normalized spacial score (nSPS) is 21.2. The van der Waals surface area contributed by atoms with Crippen LogP contribution in [0.2, 0.25) is 0 Å². The average molecular weight is 231 g/mol. The molecule has 17 heavy (non-hydrogen) atoms. The quantitative estimate of drug-likeness (QED) is 0.821. The molecular weight excluding hydrogens is 206 g/mol. The molecular formula is C16H25N. The van der Waals surface area contributed by atoms with Crippen molar-refractivity contribution in [2.45, 2.75) is 46.5 Å². The Morgan fingerprint density at radius 1 is 1.06 bits per heavy atom. The molecule has 94 valence electrons. The minimum absolute atomic E-state index is 0.880. The zero-order chi connectivity index (χ0) is 12.3. The van der Waals surface area contributed by atoms with Gasteiger partial charge in [-0.1, -0.05) is 17.7 Å². The fourth-order valence-electron chi connectivity index (χ4n) is 3.12. The highest BCUT2D eigenvalue weighted by Gasteiger charge is 2.14. The third kappa shape index (κ3) is 3.32. The first-order chi connectivity index (χ1) is 8.16. The molecule has 1 heterocycles. The topological polar surface area (TPSA) is 12.0 Å². The SMILES string of the molecule is Cc1cc(C)c(CC2CCCNCC2)c(C)c1. The highest BCUT2D eigenvalue weighted by atomic mass is 14.8. The van der Waals surface area contributed by atoms with Gasteiger partial charge in [0.2, 0.25) is 0 Å². The molecule has 1 aliphatic rings. The summed E-state index contributed by atoms with van der Waals surface area (Å²) in [5, 5.41) is 3.50. The molecule has 1 N–H and O–H groups in total. The summed E-state index contributed by atoms with van der Waals surface area (Å²) in [5.41, 5.74) is 5.97. The molecule has 1 unspecified atom stereocenters. The molecule has 1 heteroatoms. The standard InChI is InChI=1S/C16H25N/c1-12-9-13(2)16(14(3)10-12)11-15-5-4-7-17-8-6-15/h9-10,15,17H,4-8,11H2,1-3H3. The van der Waals surface area contributed by atoms with Crippen LogP contribution in [0.25, 0.3) is 0 Å². The van der Waals surface area contributed by atoms with Gasteiger partial charge in [0, 0.05) is 0 Å². The predicted octanol–water partition coefficient (Wildman–Crippen LogP) is 3.54. The van der Waals surface area contributed by atoms with E-state index in [4.69, 9.17) is 0 Å². The van der Waals surface area contributed by atoms with E-state index in [9.17, 15) is 0 Å². The molecule has 1 atom stereocenters. The summed E-state index contributed by atoms with van der Waals surface area (Å²) in [5.74, 6) is 0.880. The highest BCUT2D eigenvalue weighted by molar-refractivity contribution is 5.37.